The summed E-state index contributed by atoms with van der Waals surface area (Å²) in [4.78, 5) is 17.3. The molecule has 3 aromatic rings. The first-order valence-electron chi connectivity index (χ1n) is 10.6. The first-order valence-corrected chi connectivity index (χ1v) is 10.6. The SMILES string of the molecule is CCCC1=C(C(=O)OCC)[C@H](c2cccc(OCc3ccc(F)cc3)c2)n2ncnc2N1. The Hall–Kier alpha value is -3.68. The molecule has 0 amide bonds. The van der Waals surface area contributed by atoms with Gasteiger partial charge in [0.1, 0.15) is 30.5 Å². The molecule has 7 nitrogen and oxygen atoms in total. The second-order valence-corrected chi connectivity index (χ2v) is 7.41. The van der Waals surface area contributed by atoms with Gasteiger partial charge in [0.15, 0.2) is 0 Å². The summed E-state index contributed by atoms with van der Waals surface area (Å²) in [6.45, 7) is 4.41. The normalized spacial score (nSPS) is 15.2. The molecule has 4 rings (SSSR count). The molecule has 32 heavy (non-hydrogen) atoms. The van der Waals surface area contributed by atoms with Crippen molar-refractivity contribution in [3.63, 3.8) is 0 Å². The molecule has 1 aliphatic heterocycles. The summed E-state index contributed by atoms with van der Waals surface area (Å²) >= 11 is 0. The lowest BCUT2D eigenvalue weighted by Gasteiger charge is -2.29. The van der Waals surface area contributed by atoms with Gasteiger partial charge in [0.05, 0.1) is 12.2 Å². The lowest BCUT2D eigenvalue weighted by atomic mass is 9.94. The molecule has 2 heterocycles. The van der Waals surface area contributed by atoms with Gasteiger partial charge in [-0.15, -0.1) is 0 Å². The van der Waals surface area contributed by atoms with Crippen molar-refractivity contribution in [2.45, 2.75) is 39.3 Å². The number of nitrogens with one attached hydrogen (secondary N) is 1. The summed E-state index contributed by atoms with van der Waals surface area (Å²) < 4.78 is 26.2. The number of hydrogen-bond acceptors (Lipinski definition) is 6. The van der Waals surface area contributed by atoms with E-state index in [1.165, 1.54) is 18.5 Å². The minimum atomic E-state index is -0.497. The number of benzene rings is 2. The number of nitrogens with zero attached hydrogens (tertiary/aromatic N) is 3. The van der Waals surface area contributed by atoms with Crippen LogP contribution in [0.3, 0.4) is 0 Å². The second kappa shape index (κ2) is 9.64. The Morgan fingerprint density at radius 2 is 2.00 bits per heavy atom. The predicted molar refractivity (Wildman–Crippen MR) is 118 cm³/mol. The molecule has 0 saturated heterocycles. The Morgan fingerprint density at radius 1 is 1.19 bits per heavy atom. The monoisotopic (exact) mass is 436 g/mol. The Morgan fingerprint density at radius 3 is 2.75 bits per heavy atom. The molecule has 1 N–H and O–H groups in total. The molecule has 1 atom stereocenters. The quantitative estimate of drug-likeness (QED) is 0.519. The zero-order valence-corrected chi connectivity index (χ0v) is 18.0. The maximum atomic E-state index is 13.1. The predicted octanol–water partition coefficient (Wildman–Crippen LogP) is 4.63. The molecule has 0 spiro atoms. The zero-order valence-electron chi connectivity index (χ0n) is 18.0. The Labute approximate surface area is 185 Å². The van der Waals surface area contributed by atoms with Crippen molar-refractivity contribution in [2.75, 3.05) is 11.9 Å². The van der Waals surface area contributed by atoms with Crippen LogP contribution in [0.2, 0.25) is 0 Å². The van der Waals surface area contributed by atoms with Crippen LogP contribution < -0.4 is 10.1 Å². The highest BCUT2D eigenvalue weighted by molar-refractivity contribution is 5.92. The van der Waals surface area contributed by atoms with Crippen LogP contribution in [0.15, 0.2) is 66.1 Å². The smallest absolute Gasteiger partial charge is 0.338 e. The Bertz CT molecular complexity index is 1120. The van der Waals surface area contributed by atoms with Crippen LogP contribution in [0.25, 0.3) is 0 Å². The number of anilines is 1. The van der Waals surface area contributed by atoms with Crippen LogP contribution >= 0.6 is 0 Å². The molecular formula is C24H25FN4O3. The number of rotatable bonds is 8. The maximum absolute atomic E-state index is 13.1. The van der Waals surface area contributed by atoms with Gasteiger partial charge in [0.2, 0.25) is 5.95 Å². The summed E-state index contributed by atoms with van der Waals surface area (Å²) in [5, 5.41) is 7.60. The number of fused-ring (bicyclic) bond motifs is 1. The van der Waals surface area contributed by atoms with E-state index in [0.29, 0.717) is 30.3 Å². The first kappa shape index (κ1) is 21.5. The summed E-state index contributed by atoms with van der Waals surface area (Å²) in [6, 6.07) is 13.2. The molecule has 0 fully saturated rings. The van der Waals surface area contributed by atoms with Crippen molar-refractivity contribution in [3.8, 4) is 5.75 Å². The molecule has 166 valence electrons. The minimum Gasteiger partial charge on any atom is -0.489 e. The summed E-state index contributed by atoms with van der Waals surface area (Å²) in [5.41, 5.74) is 2.98. The number of aromatic nitrogens is 3. The van der Waals surface area contributed by atoms with Gasteiger partial charge < -0.3 is 14.8 Å². The molecule has 1 aromatic heterocycles. The molecule has 8 heteroatoms. The maximum Gasteiger partial charge on any atom is 0.338 e. The fraction of sp³-hybridized carbons (Fsp3) is 0.292. The van der Waals surface area contributed by atoms with Gasteiger partial charge in [-0.1, -0.05) is 37.6 Å². The van der Waals surface area contributed by atoms with E-state index in [1.807, 2.05) is 24.3 Å². The van der Waals surface area contributed by atoms with Crippen molar-refractivity contribution in [1.82, 2.24) is 14.8 Å². The van der Waals surface area contributed by atoms with E-state index in [9.17, 15) is 9.18 Å². The van der Waals surface area contributed by atoms with E-state index in [1.54, 1.807) is 23.7 Å². The van der Waals surface area contributed by atoms with E-state index in [-0.39, 0.29) is 18.4 Å². The van der Waals surface area contributed by atoms with Gasteiger partial charge in [-0.25, -0.2) is 13.9 Å². The number of ether oxygens (including phenoxy) is 2. The van der Waals surface area contributed by atoms with Crippen LogP contribution in [-0.2, 0) is 16.1 Å². The van der Waals surface area contributed by atoms with Gasteiger partial charge in [0.25, 0.3) is 0 Å². The van der Waals surface area contributed by atoms with Crippen LogP contribution in [0.5, 0.6) is 5.75 Å². The first-order chi connectivity index (χ1) is 15.6. The molecule has 0 bridgehead atoms. The molecule has 1 aliphatic rings. The molecule has 0 unspecified atom stereocenters. The number of halogens is 1. The Kier molecular flexibility index (Phi) is 6.49. The average molecular weight is 436 g/mol. The number of carbonyl (C=O) groups excluding carboxylic acids is 1. The van der Waals surface area contributed by atoms with Gasteiger partial charge in [-0.3, -0.25) is 0 Å². The van der Waals surface area contributed by atoms with E-state index < -0.39 is 6.04 Å². The molecule has 0 saturated carbocycles. The van der Waals surface area contributed by atoms with E-state index in [0.717, 1.165) is 23.2 Å². The molecular weight excluding hydrogens is 411 g/mol. The van der Waals surface area contributed by atoms with E-state index in [2.05, 4.69) is 22.3 Å². The van der Waals surface area contributed by atoms with E-state index in [4.69, 9.17) is 9.47 Å². The fourth-order valence-corrected chi connectivity index (χ4v) is 3.74. The van der Waals surface area contributed by atoms with Crippen LogP contribution in [0.1, 0.15) is 43.9 Å². The summed E-state index contributed by atoms with van der Waals surface area (Å²) in [6.07, 6.45) is 2.99. The molecule has 0 aliphatic carbocycles. The number of carbonyl (C=O) groups is 1. The summed E-state index contributed by atoms with van der Waals surface area (Å²) in [5.74, 6) is 0.537. The van der Waals surface area contributed by atoms with E-state index >= 15 is 0 Å². The van der Waals surface area contributed by atoms with Crippen LogP contribution in [-0.4, -0.2) is 27.3 Å². The van der Waals surface area contributed by atoms with Gasteiger partial charge in [0, 0.05) is 5.70 Å². The average Bonchev–Trinajstić information content (AvgIpc) is 3.26. The minimum absolute atomic E-state index is 0.277. The van der Waals surface area contributed by atoms with Crippen molar-refractivity contribution in [2.24, 2.45) is 0 Å². The largest absolute Gasteiger partial charge is 0.489 e. The highest BCUT2D eigenvalue weighted by Gasteiger charge is 2.35. The molecule has 2 aromatic carbocycles. The van der Waals surface area contributed by atoms with Crippen LogP contribution in [0.4, 0.5) is 10.3 Å². The molecule has 0 radical (unpaired) electrons. The fourth-order valence-electron chi connectivity index (χ4n) is 3.74. The van der Waals surface area contributed by atoms with Crippen molar-refractivity contribution >= 4 is 11.9 Å². The highest BCUT2D eigenvalue weighted by atomic mass is 19.1. The topological polar surface area (TPSA) is 78.3 Å². The zero-order chi connectivity index (χ0) is 22.5. The van der Waals surface area contributed by atoms with Gasteiger partial charge >= 0.3 is 5.97 Å². The third-order valence-corrected chi connectivity index (χ3v) is 5.17. The lowest BCUT2D eigenvalue weighted by molar-refractivity contribution is -0.139. The van der Waals surface area contributed by atoms with Crippen LogP contribution in [0, 0.1) is 5.82 Å². The number of hydrogen-bond donors (Lipinski definition) is 1. The summed E-state index contributed by atoms with van der Waals surface area (Å²) in [7, 11) is 0. The van der Waals surface area contributed by atoms with Gasteiger partial charge in [-0.05, 0) is 48.7 Å². The van der Waals surface area contributed by atoms with Crippen molar-refractivity contribution < 1.29 is 18.7 Å². The van der Waals surface area contributed by atoms with Crippen molar-refractivity contribution in [1.29, 1.82) is 0 Å². The third-order valence-electron chi connectivity index (χ3n) is 5.17. The Balaban J connectivity index is 1.68. The second-order valence-electron chi connectivity index (χ2n) is 7.41. The van der Waals surface area contributed by atoms with Gasteiger partial charge in [-0.2, -0.15) is 10.1 Å². The highest BCUT2D eigenvalue weighted by Crippen LogP contribution is 2.37. The number of esters is 1. The third kappa shape index (κ3) is 4.49. The standard InChI is InChI=1S/C24H25FN4O3/c1-3-6-20-21(23(30)31-4-2)22(29-24(28-20)26-15-27-29)17-7-5-8-19(13-17)32-14-16-9-11-18(25)12-10-16/h5,7-13,15,22H,3-4,6,14H2,1-2H3,(H,26,27,28)/t22-/m0/s1. The lowest BCUT2D eigenvalue weighted by Crippen LogP contribution is -2.30. The number of allylic oxidation sites excluding steroid dienone is 1. The van der Waals surface area contributed by atoms with Crippen molar-refractivity contribution in [3.05, 3.63) is 83.1 Å².